The first-order valence-electron chi connectivity index (χ1n) is 13.0. The van der Waals surface area contributed by atoms with Crippen LogP contribution in [0.15, 0.2) is 60.7 Å². The average molecular weight is 561 g/mol. The van der Waals surface area contributed by atoms with Gasteiger partial charge in [-0.05, 0) is 42.7 Å². The van der Waals surface area contributed by atoms with E-state index in [1.54, 1.807) is 31.2 Å². The Balaban J connectivity index is 0.000000328. The molecular formula is C31H28O10. The zero-order valence-corrected chi connectivity index (χ0v) is 21.9. The Kier molecular flexibility index (Phi) is 6.06. The minimum atomic E-state index is -1.05. The van der Waals surface area contributed by atoms with Crippen molar-refractivity contribution in [1.82, 2.24) is 0 Å². The van der Waals surface area contributed by atoms with Crippen LogP contribution in [0.2, 0.25) is 0 Å². The first-order valence-corrected chi connectivity index (χ1v) is 13.0. The molecule has 3 heterocycles. The van der Waals surface area contributed by atoms with Gasteiger partial charge in [0.25, 0.3) is 0 Å². The third-order valence-corrected chi connectivity index (χ3v) is 7.56. The number of phenolic OH excluding ortho intramolecular Hbond substituents is 7. The lowest BCUT2D eigenvalue weighted by Crippen LogP contribution is -2.47. The molecule has 212 valence electrons. The van der Waals surface area contributed by atoms with Gasteiger partial charge in [0.05, 0.1) is 0 Å². The molecule has 7 rings (SSSR count). The summed E-state index contributed by atoms with van der Waals surface area (Å²) in [6.07, 6.45) is 1.06. The van der Waals surface area contributed by atoms with Gasteiger partial charge < -0.3 is 50.0 Å². The average Bonchev–Trinajstić information content (AvgIpc) is 2.91. The molecule has 3 aliphatic rings. The summed E-state index contributed by atoms with van der Waals surface area (Å²) in [6.45, 7) is 1.77. The predicted octanol–water partition coefficient (Wildman–Crippen LogP) is 5.40. The van der Waals surface area contributed by atoms with Gasteiger partial charge in [0, 0.05) is 54.2 Å². The van der Waals surface area contributed by atoms with Crippen molar-refractivity contribution in [3.05, 3.63) is 82.9 Å². The molecule has 3 atom stereocenters. The maximum absolute atomic E-state index is 10.7. The maximum Gasteiger partial charge on any atom is 0.249 e. The third-order valence-electron chi connectivity index (χ3n) is 7.56. The summed E-state index contributed by atoms with van der Waals surface area (Å²) in [4.78, 5) is 0. The Morgan fingerprint density at radius 3 is 2.00 bits per heavy atom. The van der Waals surface area contributed by atoms with Crippen molar-refractivity contribution in [3.63, 3.8) is 0 Å². The number of hydrogen-bond donors (Lipinski definition) is 7. The second kappa shape index (κ2) is 9.51. The Morgan fingerprint density at radius 1 is 0.683 bits per heavy atom. The van der Waals surface area contributed by atoms with Gasteiger partial charge in [0.2, 0.25) is 5.79 Å². The van der Waals surface area contributed by atoms with Gasteiger partial charge >= 0.3 is 0 Å². The molecule has 0 saturated carbocycles. The first-order chi connectivity index (χ1) is 19.5. The molecule has 3 aliphatic heterocycles. The zero-order valence-electron chi connectivity index (χ0n) is 21.9. The third kappa shape index (κ3) is 4.57. The minimum Gasteiger partial charge on any atom is -0.508 e. The van der Waals surface area contributed by atoms with Crippen molar-refractivity contribution in [2.24, 2.45) is 0 Å². The summed E-state index contributed by atoms with van der Waals surface area (Å²) in [5.41, 5.74) is 2.55. The van der Waals surface area contributed by atoms with Crippen LogP contribution in [-0.4, -0.2) is 41.5 Å². The highest BCUT2D eigenvalue weighted by Gasteiger charge is 2.49. The monoisotopic (exact) mass is 560 g/mol. The Morgan fingerprint density at radius 2 is 1.34 bits per heavy atom. The fourth-order valence-electron chi connectivity index (χ4n) is 5.71. The topological polar surface area (TPSA) is 169 Å². The van der Waals surface area contributed by atoms with Crippen molar-refractivity contribution < 1.29 is 50.0 Å². The number of ether oxygens (including phenoxy) is 3. The lowest BCUT2D eigenvalue weighted by Gasteiger charge is -2.45. The standard InChI is InChI=1S/C25H22O8.C6H6O2/c1-25-10-14(22-18(30)7-12(26)8-20(22)32-25)23-21(33-25)9-16(28)13-3-5-19(31-24(13)23)11-2-4-15(27)17(29)6-11;7-5-3-1-2-4-6(5)8/h2,4,6-9,14,19,26-30H,3,5,10H2,1H3;1-4,7-8H/t14-,19?,25+;/m1./s1. The molecule has 0 fully saturated rings. The normalized spacial score (nSPS) is 21.4. The van der Waals surface area contributed by atoms with E-state index in [1.165, 1.54) is 36.4 Å². The van der Waals surface area contributed by atoms with Crippen LogP contribution in [0.25, 0.3) is 0 Å². The number of phenols is 7. The lowest BCUT2D eigenvalue weighted by atomic mass is 9.78. The number of hydrogen-bond acceptors (Lipinski definition) is 10. The molecule has 7 N–H and O–H groups in total. The van der Waals surface area contributed by atoms with E-state index in [0.717, 1.165) is 0 Å². The van der Waals surface area contributed by atoms with E-state index in [0.29, 0.717) is 58.8 Å². The van der Waals surface area contributed by atoms with E-state index in [-0.39, 0.29) is 46.2 Å². The summed E-state index contributed by atoms with van der Waals surface area (Å²) >= 11 is 0. The van der Waals surface area contributed by atoms with E-state index in [4.69, 9.17) is 24.4 Å². The fourth-order valence-corrected chi connectivity index (χ4v) is 5.71. The molecule has 0 saturated heterocycles. The molecule has 0 aromatic heterocycles. The predicted molar refractivity (Wildman–Crippen MR) is 145 cm³/mol. The molecule has 1 unspecified atom stereocenters. The molecule has 0 amide bonds. The van der Waals surface area contributed by atoms with E-state index in [1.807, 2.05) is 0 Å². The highest BCUT2D eigenvalue weighted by atomic mass is 16.7. The van der Waals surface area contributed by atoms with Gasteiger partial charge in [-0.2, -0.15) is 0 Å². The van der Waals surface area contributed by atoms with E-state index >= 15 is 0 Å². The van der Waals surface area contributed by atoms with Gasteiger partial charge in [0.1, 0.15) is 40.6 Å². The number of para-hydroxylation sites is 2. The van der Waals surface area contributed by atoms with Crippen LogP contribution in [0.3, 0.4) is 0 Å². The van der Waals surface area contributed by atoms with E-state index in [2.05, 4.69) is 0 Å². The zero-order chi connectivity index (χ0) is 29.1. The second-order valence-corrected chi connectivity index (χ2v) is 10.5. The number of rotatable bonds is 1. The maximum atomic E-state index is 10.7. The van der Waals surface area contributed by atoms with Crippen LogP contribution in [0.5, 0.6) is 57.5 Å². The molecule has 4 aromatic rings. The molecule has 0 radical (unpaired) electrons. The molecule has 10 nitrogen and oxygen atoms in total. The SMILES string of the molecule is C[C@]12C[C@H](c3c(O)cc(O)cc3O1)c1c(cc(O)c3c1OC(c1ccc(O)c(O)c1)CC3)O2.Oc1ccccc1O. The molecule has 2 bridgehead atoms. The quantitative estimate of drug-likeness (QED) is 0.150. The molecule has 41 heavy (non-hydrogen) atoms. The minimum absolute atomic E-state index is 0.0504. The summed E-state index contributed by atoms with van der Waals surface area (Å²) in [7, 11) is 0. The smallest absolute Gasteiger partial charge is 0.249 e. The highest BCUT2D eigenvalue weighted by Crippen LogP contribution is 2.60. The van der Waals surface area contributed by atoms with Crippen LogP contribution in [0, 0.1) is 0 Å². The van der Waals surface area contributed by atoms with Crippen molar-refractivity contribution in [1.29, 1.82) is 0 Å². The van der Waals surface area contributed by atoms with Gasteiger partial charge in [-0.25, -0.2) is 0 Å². The van der Waals surface area contributed by atoms with Crippen LogP contribution in [-0.2, 0) is 6.42 Å². The van der Waals surface area contributed by atoms with Crippen LogP contribution in [0.1, 0.15) is 54.0 Å². The van der Waals surface area contributed by atoms with Crippen molar-refractivity contribution in [3.8, 4) is 57.5 Å². The number of aromatic hydroxyl groups is 7. The molecule has 0 aliphatic carbocycles. The Bertz CT molecular complexity index is 1640. The fraction of sp³-hybridized carbons (Fsp3) is 0.226. The summed E-state index contributed by atoms with van der Waals surface area (Å²) < 4.78 is 18.5. The van der Waals surface area contributed by atoms with Gasteiger partial charge in [-0.1, -0.05) is 18.2 Å². The molecular weight excluding hydrogens is 532 g/mol. The van der Waals surface area contributed by atoms with Gasteiger partial charge in [-0.3, -0.25) is 0 Å². The Hall–Kier alpha value is -5.12. The van der Waals surface area contributed by atoms with Crippen molar-refractivity contribution >= 4 is 0 Å². The van der Waals surface area contributed by atoms with Gasteiger partial charge in [0.15, 0.2) is 23.0 Å². The number of fused-ring (bicyclic) bond motifs is 8. The summed E-state index contributed by atoms with van der Waals surface area (Å²) in [5, 5.41) is 68.3. The van der Waals surface area contributed by atoms with Crippen LogP contribution >= 0.6 is 0 Å². The van der Waals surface area contributed by atoms with Crippen molar-refractivity contribution in [2.45, 2.75) is 44.0 Å². The first kappa shape index (κ1) is 26.1. The van der Waals surface area contributed by atoms with Crippen molar-refractivity contribution in [2.75, 3.05) is 0 Å². The summed E-state index contributed by atoms with van der Waals surface area (Å²) in [5.74, 6) is -0.972. The van der Waals surface area contributed by atoms with Crippen LogP contribution in [0.4, 0.5) is 0 Å². The molecule has 10 heteroatoms. The largest absolute Gasteiger partial charge is 0.508 e. The highest BCUT2D eigenvalue weighted by molar-refractivity contribution is 5.66. The van der Waals surface area contributed by atoms with Gasteiger partial charge in [-0.15, -0.1) is 0 Å². The van der Waals surface area contributed by atoms with Crippen LogP contribution < -0.4 is 14.2 Å². The van der Waals surface area contributed by atoms with E-state index in [9.17, 15) is 25.5 Å². The van der Waals surface area contributed by atoms with E-state index < -0.39 is 11.9 Å². The molecule has 0 spiro atoms. The lowest BCUT2D eigenvalue weighted by molar-refractivity contribution is -0.126. The number of benzene rings is 4. The second-order valence-electron chi connectivity index (χ2n) is 10.5. The molecule has 4 aromatic carbocycles. The Labute approximate surface area is 234 Å². The summed E-state index contributed by atoms with van der Waals surface area (Å²) in [6, 6.07) is 15.0.